The SMILES string of the molecule is CC1CC(CN)CN1C(C)c1ccc(OC(F)F)cc1. The maximum absolute atomic E-state index is 12.1. The summed E-state index contributed by atoms with van der Waals surface area (Å²) < 4.78 is 28.6. The molecule has 1 saturated heterocycles. The zero-order valence-corrected chi connectivity index (χ0v) is 11.9. The molecule has 0 spiro atoms. The first-order valence-electron chi connectivity index (χ1n) is 7.01. The van der Waals surface area contributed by atoms with Crippen LogP contribution in [-0.4, -0.2) is 30.6 Å². The molecule has 1 aromatic carbocycles. The quantitative estimate of drug-likeness (QED) is 0.903. The Bertz CT molecular complexity index is 424. The lowest BCUT2D eigenvalue weighted by Crippen LogP contribution is -2.30. The molecule has 0 amide bonds. The highest BCUT2D eigenvalue weighted by Crippen LogP contribution is 2.32. The average Bonchev–Trinajstić information content (AvgIpc) is 2.79. The number of ether oxygens (including phenoxy) is 1. The Balaban J connectivity index is 2.03. The van der Waals surface area contributed by atoms with Crippen molar-refractivity contribution in [1.29, 1.82) is 0 Å². The molecule has 0 saturated carbocycles. The van der Waals surface area contributed by atoms with Gasteiger partial charge in [-0.2, -0.15) is 8.78 Å². The highest BCUT2D eigenvalue weighted by molar-refractivity contribution is 5.29. The van der Waals surface area contributed by atoms with Crippen molar-refractivity contribution in [3.05, 3.63) is 29.8 Å². The van der Waals surface area contributed by atoms with Crippen LogP contribution in [0, 0.1) is 5.92 Å². The van der Waals surface area contributed by atoms with Crippen molar-refractivity contribution in [3.8, 4) is 5.75 Å². The van der Waals surface area contributed by atoms with E-state index < -0.39 is 6.61 Å². The van der Waals surface area contributed by atoms with E-state index in [1.807, 2.05) is 12.1 Å². The van der Waals surface area contributed by atoms with Crippen LogP contribution in [0.25, 0.3) is 0 Å². The third-order valence-electron chi connectivity index (χ3n) is 4.13. The van der Waals surface area contributed by atoms with Gasteiger partial charge >= 0.3 is 6.61 Å². The first kappa shape index (κ1) is 15.2. The van der Waals surface area contributed by atoms with Crippen LogP contribution in [0.15, 0.2) is 24.3 Å². The van der Waals surface area contributed by atoms with Crippen LogP contribution < -0.4 is 10.5 Å². The lowest BCUT2D eigenvalue weighted by molar-refractivity contribution is -0.0498. The maximum atomic E-state index is 12.1. The number of hydrogen-bond acceptors (Lipinski definition) is 3. The molecule has 3 atom stereocenters. The van der Waals surface area contributed by atoms with Crippen molar-refractivity contribution in [2.75, 3.05) is 13.1 Å². The molecule has 1 fully saturated rings. The van der Waals surface area contributed by atoms with Gasteiger partial charge in [-0.1, -0.05) is 12.1 Å². The van der Waals surface area contributed by atoms with Crippen molar-refractivity contribution < 1.29 is 13.5 Å². The Labute approximate surface area is 118 Å². The zero-order chi connectivity index (χ0) is 14.7. The molecule has 1 aromatic rings. The van der Waals surface area contributed by atoms with Gasteiger partial charge in [-0.3, -0.25) is 4.90 Å². The van der Waals surface area contributed by atoms with Gasteiger partial charge in [0, 0.05) is 18.6 Å². The van der Waals surface area contributed by atoms with Crippen LogP contribution in [0.3, 0.4) is 0 Å². The second-order valence-corrected chi connectivity index (χ2v) is 5.51. The number of benzene rings is 1. The number of nitrogens with two attached hydrogens (primary N) is 1. The van der Waals surface area contributed by atoms with Crippen LogP contribution in [0.1, 0.15) is 31.9 Å². The molecule has 2 rings (SSSR count). The summed E-state index contributed by atoms with van der Waals surface area (Å²) in [6, 6.07) is 7.64. The van der Waals surface area contributed by atoms with Crippen LogP contribution in [0.4, 0.5) is 8.78 Å². The predicted octanol–water partition coefficient (Wildman–Crippen LogP) is 3.02. The minimum absolute atomic E-state index is 0.199. The van der Waals surface area contributed by atoms with Gasteiger partial charge in [0.25, 0.3) is 0 Å². The molecule has 1 aliphatic rings. The minimum Gasteiger partial charge on any atom is -0.435 e. The lowest BCUT2D eigenvalue weighted by atomic mass is 10.1. The molecule has 1 aliphatic heterocycles. The number of hydrogen-bond donors (Lipinski definition) is 1. The van der Waals surface area contributed by atoms with E-state index in [0.29, 0.717) is 18.5 Å². The number of nitrogens with zero attached hydrogens (tertiary/aromatic N) is 1. The summed E-state index contributed by atoms with van der Waals surface area (Å²) in [5.41, 5.74) is 6.86. The van der Waals surface area contributed by atoms with Gasteiger partial charge in [-0.05, 0) is 50.4 Å². The second kappa shape index (κ2) is 6.50. The first-order chi connectivity index (χ1) is 9.51. The Morgan fingerprint density at radius 2 is 2.00 bits per heavy atom. The molecule has 112 valence electrons. The monoisotopic (exact) mass is 284 g/mol. The van der Waals surface area contributed by atoms with E-state index in [1.54, 1.807) is 12.1 Å². The van der Waals surface area contributed by atoms with E-state index in [0.717, 1.165) is 18.5 Å². The standard InChI is InChI=1S/C15H22F2N2O/c1-10-7-12(8-18)9-19(10)11(2)13-3-5-14(6-4-13)20-15(16)17/h3-6,10-12,15H,7-9,18H2,1-2H3. The Morgan fingerprint density at radius 1 is 1.35 bits per heavy atom. The minimum atomic E-state index is -2.78. The third kappa shape index (κ3) is 3.46. The van der Waals surface area contributed by atoms with E-state index >= 15 is 0 Å². The van der Waals surface area contributed by atoms with Crippen LogP contribution >= 0.6 is 0 Å². The Morgan fingerprint density at radius 3 is 2.50 bits per heavy atom. The highest BCUT2D eigenvalue weighted by atomic mass is 19.3. The molecule has 3 unspecified atom stereocenters. The number of likely N-dealkylation sites (tertiary alicyclic amines) is 1. The summed E-state index contributed by atoms with van der Waals surface area (Å²) >= 11 is 0. The summed E-state index contributed by atoms with van der Waals surface area (Å²) in [6.07, 6.45) is 1.12. The molecule has 2 N–H and O–H groups in total. The van der Waals surface area contributed by atoms with Crippen LogP contribution in [0.2, 0.25) is 0 Å². The summed E-state index contributed by atoms with van der Waals surface area (Å²) in [7, 11) is 0. The van der Waals surface area contributed by atoms with E-state index in [9.17, 15) is 8.78 Å². The predicted molar refractivity (Wildman–Crippen MR) is 74.8 cm³/mol. The molecular weight excluding hydrogens is 262 g/mol. The second-order valence-electron chi connectivity index (χ2n) is 5.51. The van der Waals surface area contributed by atoms with Crippen molar-refractivity contribution in [2.24, 2.45) is 11.7 Å². The van der Waals surface area contributed by atoms with Gasteiger partial charge in [-0.25, -0.2) is 0 Å². The summed E-state index contributed by atoms with van der Waals surface area (Å²) in [5, 5.41) is 0. The van der Waals surface area contributed by atoms with Gasteiger partial charge in [0.2, 0.25) is 0 Å². The summed E-state index contributed by atoms with van der Waals surface area (Å²) in [6.45, 7) is 3.28. The van der Waals surface area contributed by atoms with Crippen molar-refractivity contribution >= 4 is 0 Å². The average molecular weight is 284 g/mol. The fourth-order valence-corrected chi connectivity index (χ4v) is 3.00. The Hall–Kier alpha value is -1.20. The lowest BCUT2D eigenvalue weighted by Gasteiger charge is -2.29. The molecule has 0 aliphatic carbocycles. The highest BCUT2D eigenvalue weighted by Gasteiger charge is 2.31. The van der Waals surface area contributed by atoms with E-state index in [4.69, 9.17) is 5.73 Å². The smallest absolute Gasteiger partial charge is 0.387 e. The van der Waals surface area contributed by atoms with Gasteiger partial charge in [-0.15, -0.1) is 0 Å². The molecule has 0 aromatic heterocycles. The molecule has 20 heavy (non-hydrogen) atoms. The summed E-state index contributed by atoms with van der Waals surface area (Å²) in [4.78, 5) is 2.42. The molecule has 3 nitrogen and oxygen atoms in total. The van der Waals surface area contributed by atoms with Gasteiger partial charge < -0.3 is 10.5 Å². The normalized spacial score (nSPS) is 25.1. The van der Waals surface area contributed by atoms with Crippen molar-refractivity contribution in [2.45, 2.75) is 39.0 Å². The van der Waals surface area contributed by atoms with Crippen molar-refractivity contribution in [1.82, 2.24) is 4.90 Å². The number of halogens is 2. The fraction of sp³-hybridized carbons (Fsp3) is 0.600. The maximum Gasteiger partial charge on any atom is 0.387 e. The molecule has 1 heterocycles. The summed E-state index contributed by atoms with van der Waals surface area (Å²) in [5.74, 6) is 0.749. The van der Waals surface area contributed by atoms with Gasteiger partial charge in [0.15, 0.2) is 0 Å². The van der Waals surface area contributed by atoms with Gasteiger partial charge in [0.05, 0.1) is 0 Å². The molecule has 5 heteroatoms. The molecule has 0 radical (unpaired) electrons. The van der Waals surface area contributed by atoms with E-state index in [1.165, 1.54) is 0 Å². The van der Waals surface area contributed by atoms with E-state index in [-0.39, 0.29) is 11.8 Å². The first-order valence-corrected chi connectivity index (χ1v) is 7.01. The molecule has 0 bridgehead atoms. The third-order valence-corrected chi connectivity index (χ3v) is 4.13. The van der Waals surface area contributed by atoms with Crippen LogP contribution in [0.5, 0.6) is 5.75 Å². The largest absolute Gasteiger partial charge is 0.435 e. The van der Waals surface area contributed by atoms with Crippen LogP contribution in [-0.2, 0) is 0 Å². The number of alkyl halides is 2. The zero-order valence-electron chi connectivity index (χ0n) is 11.9. The van der Waals surface area contributed by atoms with Gasteiger partial charge in [0.1, 0.15) is 5.75 Å². The van der Waals surface area contributed by atoms with E-state index in [2.05, 4.69) is 23.5 Å². The Kier molecular flexibility index (Phi) is 4.94. The fourth-order valence-electron chi connectivity index (χ4n) is 3.00. The van der Waals surface area contributed by atoms with Crippen molar-refractivity contribution in [3.63, 3.8) is 0 Å². The number of rotatable bonds is 5. The molecular formula is C15H22F2N2O. The topological polar surface area (TPSA) is 38.5 Å².